The maximum Gasteiger partial charge on any atom is 0.121 e. The summed E-state index contributed by atoms with van der Waals surface area (Å²) in [5.41, 5.74) is 2.29. The minimum atomic E-state index is 0.434. The predicted molar refractivity (Wildman–Crippen MR) is 67.3 cm³/mol. The second-order valence-electron chi connectivity index (χ2n) is 4.71. The lowest BCUT2D eigenvalue weighted by Gasteiger charge is -2.17. The summed E-state index contributed by atoms with van der Waals surface area (Å²) in [7, 11) is 4.07. The van der Waals surface area contributed by atoms with Crippen LogP contribution in [0.25, 0.3) is 0 Å². The largest absolute Gasteiger partial charge is 0.508 e. The summed E-state index contributed by atoms with van der Waals surface area (Å²) in [4.78, 5) is 2.22. The molecule has 88 valence electrons. The van der Waals surface area contributed by atoms with Crippen LogP contribution in [0, 0.1) is 0 Å². The number of aromatic hydroxyl groups is 1. The average Bonchev–Trinajstić information content (AvgIpc) is 2.57. The Bertz CT molecular complexity index is 378. The second kappa shape index (κ2) is 4.34. The maximum atomic E-state index is 9.96. The molecule has 1 aromatic carbocycles. The minimum Gasteiger partial charge on any atom is -0.508 e. The van der Waals surface area contributed by atoms with E-state index in [-0.39, 0.29) is 0 Å². The van der Waals surface area contributed by atoms with E-state index in [1.54, 1.807) is 6.07 Å². The number of benzene rings is 1. The van der Waals surface area contributed by atoms with Gasteiger partial charge in [0.2, 0.25) is 0 Å². The van der Waals surface area contributed by atoms with Gasteiger partial charge in [-0.05, 0) is 32.5 Å². The zero-order chi connectivity index (χ0) is 11.7. The Labute approximate surface area is 97.1 Å². The highest BCUT2D eigenvalue weighted by Crippen LogP contribution is 2.42. The third-order valence-corrected chi connectivity index (χ3v) is 3.50. The standard InChI is InChI=1S/C13H20N2O/c1-9(14-2)7-10-8-15(3)11-5-4-6-12(16)13(10)11/h4-6,9-10,14,16H,7-8H2,1-3H3. The number of likely N-dealkylation sites (N-methyl/N-ethyl adjacent to an activating group) is 1. The Kier molecular flexibility index (Phi) is 3.06. The summed E-state index contributed by atoms with van der Waals surface area (Å²) in [6.45, 7) is 3.18. The van der Waals surface area contributed by atoms with Crippen LogP contribution < -0.4 is 10.2 Å². The Morgan fingerprint density at radius 1 is 1.56 bits per heavy atom. The molecule has 1 heterocycles. The molecule has 2 rings (SSSR count). The van der Waals surface area contributed by atoms with E-state index >= 15 is 0 Å². The minimum absolute atomic E-state index is 0.434. The lowest BCUT2D eigenvalue weighted by Crippen LogP contribution is -2.25. The molecule has 1 aromatic rings. The quantitative estimate of drug-likeness (QED) is 0.817. The summed E-state index contributed by atoms with van der Waals surface area (Å²) >= 11 is 0. The topological polar surface area (TPSA) is 35.5 Å². The van der Waals surface area contributed by atoms with Crippen molar-refractivity contribution in [3.63, 3.8) is 0 Å². The van der Waals surface area contributed by atoms with Crippen LogP contribution in [-0.2, 0) is 0 Å². The van der Waals surface area contributed by atoms with Gasteiger partial charge in [0.15, 0.2) is 0 Å². The van der Waals surface area contributed by atoms with Crippen molar-refractivity contribution >= 4 is 5.69 Å². The van der Waals surface area contributed by atoms with Crippen LogP contribution in [0.2, 0.25) is 0 Å². The number of phenols is 1. The van der Waals surface area contributed by atoms with E-state index in [2.05, 4.69) is 30.3 Å². The molecule has 16 heavy (non-hydrogen) atoms. The highest BCUT2D eigenvalue weighted by atomic mass is 16.3. The van der Waals surface area contributed by atoms with Gasteiger partial charge in [-0.15, -0.1) is 0 Å². The number of nitrogens with one attached hydrogen (secondary N) is 1. The molecule has 0 spiro atoms. The fourth-order valence-corrected chi connectivity index (χ4v) is 2.55. The summed E-state index contributed by atoms with van der Waals surface area (Å²) in [6.07, 6.45) is 1.06. The summed E-state index contributed by atoms with van der Waals surface area (Å²) in [5, 5.41) is 13.2. The van der Waals surface area contributed by atoms with Crippen molar-refractivity contribution in [2.75, 3.05) is 25.5 Å². The first-order chi connectivity index (χ1) is 7.63. The van der Waals surface area contributed by atoms with E-state index in [1.807, 2.05) is 13.1 Å². The number of rotatable bonds is 3. The Hall–Kier alpha value is -1.22. The van der Waals surface area contributed by atoms with Gasteiger partial charge in [0.05, 0.1) is 0 Å². The van der Waals surface area contributed by atoms with Gasteiger partial charge in [-0.1, -0.05) is 6.07 Å². The predicted octanol–water partition coefficient (Wildman–Crippen LogP) is 1.92. The summed E-state index contributed by atoms with van der Waals surface area (Å²) in [5.74, 6) is 0.874. The number of hydrogen-bond acceptors (Lipinski definition) is 3. The lowest BCUT2D eigenvalue weighted by molar-refractivity contribution is 0.452. The van der Waals surface area contributed by atoms with Crippen molar-refractivity contribution in [2.24, 2.45) is 0 Å². The van der Waals surface area contributed by atoms with Crippen molar-refractivity contribution in [1.82, 2.24) is 5.32 Å². The van der Waals surface area contributed by atoms with Gasteiger partial charge in [-0.3, -0.25) is 0 Å². The molecule has 0 radical (unpaired) electrons. The smallest absolute Gasteiger partial charge is 0.121 e. The lowest BCUT2D eigenvalue weighted by atomic mass is 9.94. The molecule has 1 aliphatic rings. The van der Waals surface area contributed by atoms with Crippen molar-refractivity contribution in [3.05, 3.63) is 23.8 Å². The molecule has 1 aliphatic heterocycles. The molecule has 3 heteroatoms. The van der Waals surface area contributed by atoms with Crippen LogP contribution in [0.3, 0.4) is 0 Å². The first kappa shape index (κ1) is 11.3. The Morgan fingerprint density at radius 3 is 3.00 bits per heavy atom. The fraction of sp³-hybridized carbons (Fsp3) is 0.538. The molecule has 0 aliphatic carbocycles. The van der Waals surface area contributed by atoms with Gasteiger partial charge < -0.3 is 15.3 Å². The van der Waals surface area contributed by atoms with Crippen LogP contribution in [0.15, 0.2) is 18.2 Å². The zero-order valence-corrected chi connectivity index (χ0v) is 10.2. The molecule has 0 saturated carbocycles. The molecule has 0 fully saturated rings. The van der Waals surface area contributed by atoms with Crippen molar-refractivity contribution < 1.29 is 5.11 Å². The highest BCUT2D eigenvalue weighted by Gasteiger charge is 2.29. The van der Waals surface area contributed by atoms with Crippen molar-refractivity contribution in [3.8, 4) is 5.75 Å². The van der Waals surface area contributed by atoms with Crippen LogP contribution in [0.4, 0.5) is 5.69 Å². The molecule has 0 amide bonds. The normalized spacial score (nSPS) is 20.9. The molecular weight excluding hydrogens is 200 g/mol. The number of hydrogen-bond donors (Lipinski definition) is 2. The zero-order valence-electron chi connectivity index (χ0n) is 10.2. The monoisotopic (exact) mass is 220 g/mol. The third-order valence-electron chi connectivity index (χ3n) is 3.50. The first-order valence-electron chi connectivity index (χ1n) is 5.83. The van der Waals surface area contributed by atoms with Gasteiger partial charge in [-0.25, -0.2) is 0 Å². The first-order valence-corrected chi connectivity index (χ1v) is 5.83. The molecule has 2 atom stereocenters. The van der Waals surface area contributed by atoms with E-state index in [0.717, 1.165) is 18.5 Å². The van der Waals surface area contributed by atoms with Crippen molar-refractivity contribution in [2.45, 2.75) is 25.3 Å². The molecule has 2 N–H and O–H groups in total. The number of nitrogens with zero attached hydrogens (tertiary/aromatic N) is 1. The Morgan fingerprint density at radius 2 is 2.31 bits per heavy atom. The van der Waals surface area contributed by atoms with Crippen molar-refractivity contribution in [1.29, 1.82) is 0 Å². The molecule has 0 saturated heterocycles. The van der Waals surface area contributed by atoms with Gasteiger partial charge in [0, 0.05) is 36.8 Å². The van der Waals surface area contributed by atoms with Gasteiger partial charge in [0.25, 0.3) is 0 Å². The maximum absolute atomic E-state index is 9.96. The number of phenolic OH excluding ortho intramolecular Hbond substituents is 1. The van der Waals surface area contributed by atoms with E-state index in [0.29, 0.717) is 17.7 Å². The molecule has 2 unspecified atom stereocenters. The Balaban J connectivity index is 2.27. The van der Waals surface area contributed by atoms with Crippen LogP contribution >= 0.6 is 0 Å². The number of anilines is 1. The van der Waals surface area contributed by atoms with E-state index in [4.69, 9.17) is 0 Å². The molecule has 3 nitrogen and oxygen atoms in total. The molecular formula is C13H20N2O. The number of fused-ring (bicyclic) bond motifs is 1. The van der Waals surface area contributed by atoms with Gasteiger partial charge in [-0.2, -0.15) is 0 Å². The van der Waals surface area contributed by atoms with Gasteiger partial charge in [0.1, 0.15) is 5.75 Å². The van der Waals surface area contributed by atoms with Crippen LogP contribution in [-0.4, -0.2) is 31.8 Å². The molecule has 0 bridgehead atoms. The third kappa shape index (κ3) is 1.87. The van der Waals surface area contributed by atoms with E-state index in [9.17, 15) is 5.11 Å². The van der Waals surface area contributed by atoms with E-state index in [1.165, 1.54) is 5.69 Å². The highest BCUT2D eigenvalue weighted by molar-refractivity contribution is 5.64. The summed E-state index contributed by atoms with van der Waals surface area (Å²) < 4.78 is 0. The van der Waals surface area contributed by atoms with E-state index < -0.39 is 0 Å². The molecule has 0 aromatic heterocycles. The van der Waals surface area contributed by atoms with Crippen LogP contribution in [0.1, 0.15) is 24.8 Å². The summed E-state index contributed by atoms with van der Waals surface area (Å²) in [6, 6.07) is 6.26. The van der Waals surface area contributed by atoms with Gasteiger partial charge >= 0.3 is 0 Å². The van der Waals surface area contributed by atoms with Crippen LogP contribution in [0.5, 0.6) is 5.75 Å². The SMILES string of the molecule is CNC(C)CC1CN(C)c2cccc(O)c21. The average molecular weight is 220 g/mol. The second-order valence-corrected chi connectivity index (χ2v) is 4.71. The fourth-order valence-electron chi connectivity index (χ4n) is 2.55.